The third-order valence-corrected chi connectivity index (χ3v) is 2.93. The summed E-state index contributed by atoms with van der Waals surface area (Å²) in [5.41, 5.74) is -1.08. The van der Waals surface area contributed by atoms with E-state index in [0.717, 1.165) is 4.90 Å². The van der Waals surface area contributed by atoms with Crippen molar-refractivity contribution in [3.63, 3.8) is 0 Å². The lowest BCUT2D eigenvalue weighted by Gasteiger charge is -2.16. The van der Waals surface area contributed by atoms with Crippen LogP contribution in [0.5, 0.6) is 0 Å². The van der Waals surface area contributed by atoms with Crippen molar-refractivity contribution in [2.45, 2.75) is 45.9 Å². The van der Waals surface area contributed by atoms with Crippen LogP contribution in [0.2, 0.25) is 0 Å². The van der Waals surface area contributed by atoms with E-state index >= 15 is 0 Å². The Hall–Kier alpha value is -1.85. The topological polar surface area (TPSA) is 64.4 Å². The molecule has 0 N–H and O–H groups in total. The van der Waals surface area contributed by atoms with Gasteiger partial charge < -0.3 is 9.30 Å². The van der Waals surface area contributed by atoms with Gasteiger partial charge in [0.25, 0.3) is 5.91 Å². The minimum atomic E-state index is -1.08. The average molecular weight is 251 g/mol. The van der Waals surface area contributed by atoms with E-state index in [9.17, 15) is 9.59 Å². The predicted octanol–water partition coefficient (Wildman–Crippen LogP) is 1.72. The van der Waals surface area contributed by atoms with Gasteiger partial charge in [0.05, 0.1) is 6.54 Å². The standard InChI is InChI=1S/C12H17N3O3/c1-8(2)14-6-5-13-9(14)7-15-10(16)12(3,4)18-11(15)17/h5-6,8H,7H2,1-4H3. The third-order valence-electron chi connectivity index (χ3n) is 2.93. The van der Waals surface area contributed by atoms with Crippen LogP contribution in [-0.4, -0.2) is 32.1 Å². The second kappa shape index (κ2) is 4.12. The minimum absolute atomic E-state index is 0.145. The zero-order valence-electron chi connectivity index (χ0n) is 11.0. The first-order chi connectivity index (χ1) is 8.33. The first-order valence-electron chi connectivity index (χ1n) is 5.89. The van der Waals surface area contributed by atoms with Crippen molar-refractivity contribution in [3.8, 4) is 0 Å². The zero-order valence-corrected chi connectivity index (χ0v) is 11.0. The Bertz CT molecular complexity index is 491. The molecular formula is C12H17N3O3. The number of nitrogens with zero attached hydrogens (tertiary/aromatic N) is 3. The number of hydrogen-bond acceptors (Lipinski definition) is 4. The van der Waals surface area contributed by atoms with Gasteiger partial charge in [-0.15, -0.1) is 0 Å². The number of hydrogen-bond donors (Lipinski definition) is 0. The molecule has 98 valence electrons. The molecule has 6 heteroatoms. The van der Waals surface area contributed by atoms with E-state index in [4.69, 9.17) is 4.74 Å². The zero-order chi connectivity index (χ0) is 13.5. The van der Waals surface area contributed by atoms with E-state index in [2.05, 4.69) is 4.98 Å². The number of cyclic esters (lactones) is 1. The van der Waals surface area contributed by atoms with Crippen molar-refractivity contribution in [2.75, 3.05) is 0 Å². The quantitative estimate of drug-likeness (QED) is 0.820. The molecule has 0 unspecified atom stereocenters. The highest BCUT2D eigenvalue weighted by Gasteiger charge is 2.47. The molecule has 1 fully saturated rings. The van der Waals surface area contributed by atoms with Crippen molar-refractivity contribution in [2.24, 2.45) is 0 Å². The van der Waals surface area contributed by atoms with Crippen LogP contribution in [-0.2, 0) is 16.1 Å². The first-order valence-corrected chi connectivity index (χ1v) is 5.89. The molecule has 1 aromatic rings. The van der Waals surface area contributed by atoms with E-state index < -0.39 is 11.7 Å². The van der Waals surface area contributed by atoms with Crippen LogP contribution < -0.4 is 0 Å². The summed E-state index contributed by atoms with van der Waals surface area (Å²) >= 11 is 0. The molecule has 6 nitrogen and oxygen atoms in total. The van der Waals surface area contributed by atoms with Crippen molar-refractivity contribution >= 4 is 12.0 Å². The molecule has 1 saturated heterocycles. The molecule has 0 atom stereocenters. The van der Waals surface area contributed by atoms with Gasteiger partial charge in [0, 0.05) is 18.4 Å². The van der Waals surface area contributed by atoms with Gasteiger partial charge in [-0.3, -0.25) is 4.79 Å². The molecule has 2 rings (SSSR count). The van der Waals surface area contributed by atoms with Crippen LogP contribution in [0.4, 0.5) is 4.79 Å². The van der Waals surface area contributed by atoms with Crippen LogP contribution in [0.1, 0.15) is 39.6 Å². The largest absolute Gasteiger partial charge is 0.433 e. The van der Waals surface area contributed by atoms with E-state index in [1.165, 1.54) is 0 Å². The van der Waals surface area contributed by atoms with Gasteiger partial charge in [-0.05, 0) is 27.7 Å². The van der Waals surface area contributed by atoms with Crippen LogP contribution in [0.25, 0.3) is 0 Å². The predicted molar refractivity (Wildman–Crippen MR) is 63.7 cm³/mol. The Labute approximate surface area is 106 Å². The first kappa shape index (κ1) is 12.6. The summed E-state index contributed by atoms with van der Waals surface area (Å²) in [6, 6.07) is 0.226. The Morgan fingerprint density at radius 3 is 2.56 bits per heavy atom. The normalized spacial score (nSPS) is 18.6. The summed E-state index contributed by atoms with van der Waals surface area (Å²) in [7, 11) is 0. The lowest BCUT2D eigenvalue weighted by molar-refractivity contribution is -0.135. The molecular weight excluding hydrogens is 234 g/mol. The molecule has 1 aliphatic rings. The summed E-state index contributed by atoms with van der Waals surface area (Å²) in [5, 5.41) is 0. The molecule has 1 aromatic heterocycles. The van der Waals surface area contributed by atoms with E-state index in [1.807, 2.05) is 24.6 Å². The van der Waals surface area contributed by atoms with E-state index in [-0.39, 0.29) is 18.5 Å². The number of carbonyl (C=O) groups excluding carboxylic acids is 2. The number of imidazole rings is 1. The van der Waals surface area contributed by atoms with Crippen molar-refractivity contribution in [1.82, 2.24) is 14.5 Å². The summed E-state index contributed by atoms with van der Waals surface area (Å²) in [5.74, 6) is 0.346. The Kier molecular flexibility index (Phi) is 2.88. The molecule has 0 aromatic carbocycles. The molecule has 2 heterocycles. The molecule has 2 amide bonds. The summed E-state index contributed by atoms with van der Waals surface area (Å²) in [4.78, 5) is 28.9. The molecule has 0 radical (unpaired) electrons. The number of aromatic nitrogens is 2. The Morgan fingerprint density at radius 2 is 2.06 bits per heavy atom. The maximum Gasteiger partial charge on any atom is 0.418 e. The van der Waals surface area contributed by atoms with E-state index in [0.29, 0.717) is 5.82 Å². The van der Waals surface area contributed by atoms with Crippen LogP contribution >= 0.6 is 0 Å². The SMILES string of the molecule is CC(C)n1ccnc1CN1C(=O)OC(C)(C)C1=O. The van der Waals surface area contributed by atoms with Crippen molar-refractivity contribution < 1.29 is 14.3 Å². The fraction of sp³-hybridized carbons (Fsp3) is 0.583. The summed E-state index contributed by atoms with van der Waals surface area (Å²) in [6.07, 6.45) is 2.88. The second-order valence-corrected chi connectivity index (χ2v) is 5.11. The molecule has 0 bridgehead atoms. The van der Waals surface area contributed by atoms with Gasteiger partial charge in [0.1, 0.15) is 5.82 Å². The number of imide groups is 1. The second-order valence-electron chi connectivity index (χ2n) is 5.11. The molecule has 0 aliphatic carbocycles. The van der Waals surface area contributed by atoms with Crippen LogP contribution in [0, 0.1) is 0 Å². The lowest BCUT2D eigenvalue weighted by Crippen LogP contribution is -2.36. The summed E-state index contributed by atoms with van der Waals surface area (Å²) in [6.45, 7) is 7.34. The molecule has 18 heavy (non-hydrogen) atoms. The van der Waals surface area contributed by atoms with Crippen LogP contribution in [0.3, 0.4) is 0 Å². The van der Waals surface area contributed by atoms with E-state index in [1.54, 1.807) is 20.0 Å². The number of amides is 2. The number of ether oxygens (including phenoxy) is 1. The highest BCUT2D eigenvalue weighted by atomic mass is 16.6. The number of rotatable bonds is 3. The van der Waals surface area contributed by atoms with Gasteiger partial charge in [-0.2, -0.15) is 0 Å². The molecule has 1 aliphatic heterocycles. The third kappa shape index (κ3) is 1.98. The van der Waals surface area contributed by atoms with Gasteiger partial charge in [0.2, 0.25) is 0 Å². The van der Waals surface area contributed by atoms with Gasteiger partial charge >= 0.3 is 6.09 Å². The fourth-order valence-corrected chi connectivity index (χ4v) is 1.94. The average Bonchev–Trinajstić information content (AvgIpc) is 2.78. The van der Waals surface area contributed by atoms with Crippen molar-refractivity contribution in [1.29, 1.82) is 0 Å². The fourth-order valence-electron chi connectivity index (χ4n) is 1.94. The summed E-state index contributed by atoms with van der Waals surface area (Å²) < 4.78 is 6.95. The highest BCUT2D eigenvalue weighted by Crippen LogP contribution is 2.25. The maximum absolute atomic E-state index is 12.0. The van der Waals surface area contributed by atoms with Gasteiger partial charge in [0.15, 0.2) is 5.60 Å². The van der Waals surface area contributed by atoms with Crippen LogP contribution in [0.15, 0.2) is 12.4 Å². The van der Waals surface area contributed by atoms with Gasteiger partial charge in [-0.1, -0.05) is 0 Å². The van der Waals surface area contributed by atoms with Gasteiger partial charge in [-0.25, -0.2) is 14.7 Å². The Balaban J connectivity index is 2.22. The smallest absolute Gasteiger partial charge is 0.418 e. The Morgan fingerprint density at radius 1 is 1.39 bits per heavy atom. The van der Waals surface area contributed by atoms with Crippen molar-refractivity contribution in [3.05, 3.63) is 18.2 Å². The molecule has 0 spiro atoms. The highest BCUT2D eigenvalue weighted by molar-refractivity contribution is 6.02. The molecule has 0 saturated carbocycles. The maximum atomic E-state index is 12.0. The lowest BCUT2D eigenvalue weighted by atomic mass is 10.1. The monoisotopic (exact) mass is 251 g/mol. The minimum Gasteiger partial charge on any atom is -0.433 e. The number of carbonyl (C=O) groups is 2.